The minimum atomic E-state index is -1.29. The van der Waals surface area contributed by atoms with Gasteiger partial charge >= 0.3 is 5.97 Å². The number of hydrogen-bond acceptors (Lipinski definition) is 10. The van der Waals surface area contributed by atoms with Crippen molar-refractivity contribution in [3.8, 4) is 17.2 Å². The Balaban J connectivity index is 1.68. The number of nitrogens with one attached hydrogen (secondary N) is 3. The number of aliphatic hydroxyl groups is 1. The van der Waals surface area contributed by atoms with Crippen LogP contribution in [0.1, 0.15) is 62.4 Å². The van der Waals surface area contributed by atoms with E-state index in [2.05, 4.69) is 16.0 Å². The third-order valence-electron chi connectivity index (χ3n) is 9.77. The van der Waals surface area contributed by atoms with Crippen molar-refractivity contribution < 1.29 is 34.0 Å². The zero-order chi connectivity index (χ0) is 40.1. The molecule has 10 nitrogen and oxygen atoms in total. The lowest BCUT2D eigenvalue weighted by Crippen LogP contribution is -2.63. The highest BCUT2D eigenvalue weighted by Gasteiger charge is 2.41. The van der Waals surface area contributed by atoms with Gasteiger partial charge in [0.05, 0.1) is 32.4 Å². The van der Waals surface area contributed by atoms with Gasteiger partial charge in [-0.3, -0.25) is 14.9 Å². The Morgan fingerprint density at radius 2 is 1.38 bits per heavy atom. The minimum Gasteiger partial charge on any atom is -0.507 e. The fourth-order valence-electron chi connectivity index (χ4n) is 6.56. The predicted molar refractivity (Wildman–Crippen MR) is 216 cm³/mol. The van der Waals surface area contributed by atoms with Gasteiger partial charge in [0.15, 0.2) is 5.78 Å². The molecule has 0 amide bonds. The molecule has 5 N–H and O–H groups in total. The molecule has 296 valence electrons. The molecule has 0 aliphatic heterocycles. The van der Waals surface area contributed by atoms with E-state index in [9.17, 15) is 19.8 Å². The fourth-order valence-corrected chi connectivity index (χ4v) is 6.56. The number of carbonyl (C=O) groups is 2. The van der Waals surface area contributed by atoms with Crippen LogP contribution in [0, 0.1) is 18.3 Å². The van der Waals surface area contributed by atoms with E-state index < -0.39 is 41.7 Å². The van der Waals surface area contributed by atoms with E-state index in [1.54, 1.807) is 19.2 Å². The van der Waals surface area contributed by atoms with Gasteiger partial charge in [-0.05, 0) is 59.6 Å². The van der Waals surface area contributed by atoms with Gasteiger partial charge in [0, 0.05) is 30.8 Å². The molecule has 0 bridgehead atoms. The Kier molecular flexibility index (Phi) is 15.8. The summed E-state index contributed by atoms with van der Waals surface area (Å²) in [7, 11) is 3.13. The molecular weight excluding hydrogens is 695 g/mol. The van der Waals surface area contributed by atoms with Gasteiger partial charge in [-0.1, -0.05) is 113 Å². The number of aromatic hydroxyl groups is 1. The highest BCUT2D eigenvalue weighted by Crippen LogP contribution is 2.26. The molecule has 0 saturated carbocycles. The largest absolute Gasteiger partial charge is 0.507 e. The number of phenols is 1. The predicted octanol–water partition coefficient (Wildman–Crippen LogP) is 6.28. The van der Waals surface area contributed by atoms with Crippen LogP contribution in [-0.4, -0.2) is 66.5 Å². The van der Waals surface area contributed by atoms with Crippen LogP contribution in [0.4, 0.5) is 0 Å². The number of aryl methyl sites for hydroxylation is 1. The number of phenolic OH excluding ortho intramolecular Hbond substituents is 1. The topological polar surface area (TPSA) is 138 Å². The Hall–Kier alpha value is -4.74. The Labute approximate surface area is 326 Å². The van der Waals surface area contributed by atoms with E-state index in [0.717, 1.165) is 22.3 Å². The third kappa shape index (κ3) is 12.7. The first-order valence-electron chi connectivity index (χ1n) is 18.9. The van der Waals surface area contributed by atoms with E-state index >= 15 is 0 Å². The number of benzene rings is 4. The van der Waals surface area contributed by atoms with Crippen molar-refractivity contribution in [2.75, 3.05) is 14.2 Å². The average Bonchev–Trinajstić information content (AvgIpc) is 3.16. The van der Waals surface area contributed by atoms with Crippen LogP contribution in [0.25, 0.3) is 0 Å². The summed E-state index contributed by atoms with van der Waals surface area (Å²) < 4.78 is 16.5. The van der Waals surface area contributed by atoms with E-state index in [0.29, 0.717) is 23.5 Å². The van der Waals surface area contributed by atoms with Crippen LogP contribution >= 0.6 is 0 Å². The number of hydrogen-bond donors (Lipinski definition) is 5. The summed E-state index contributed by atoms with van der Waals surface area (Å²) >= 11 is 0. The van der Waals surface area contributed by atoms with Gasteiger partial charge < -0.3 is 35.1 Å². The van der Waals surface area contributed by atoms with Gasteiger partial charge in [-0.25, -0.2) is 0 Å². The van der Waals surface area contributed by atoms with Gasteiger partial charge in [-0.15, -0.1) is 0 Å². The molecule has 0 aromatic heterocycles. The summed E-state index contributed by atoms with van der Waals surface area (Å²) in [5.41, 5.74) is 3.75. The summed E-state index contributed by atoms with van der Waals surface area (Å²) in [4.78, 5) is 28.7. The van der Waals surface area contributed by atoms with E-state index in [1.165, 1.54) is 13.2 Å². The lowest BCUT2D eigenvalue weighted by atomic mass is 9.83. The lowest BCUT2D eigenvalue weighted by Gasteiger charge is -2.38. The van der Waals surface area contributed by atoms with Crippen LogP contribution in [0.2, 0.25) is 0 Å². The Morgan fingerprint density at radius 1 is 0.745 bits per heavy atom. The van der Waals surface area contributed by atoms with Gasteiger partial charge in [0.2, 0.25) is 0 Å². The zero-order valence-electron chi connectivity index (χ0n) is 33.5. The van der Waals surface area contributed by atoms with Gasteiger partial charge in [-0.2, -0.15) is 0 Å². The van der Waals surface area contributed by atoms with Crippen LogP contribution in [0.3, 0.4) is 0 Å². The van der Waals surface area contributed by atoms with Crippen LogP contribution < -0.4 is 25.4 Å². The molecule has 10 heteroatoms. The maximum Gasteiger partial charge on any atom is 0.324 e. The minimum absolute atomic E-state index is 0.0469. The summed E-state index contributed by atoms with van der Waals surface area (Å²) in [5.74, 6) is 0.396. The quantitative estimate of drug-likeness (QED) is 0.0656. The number of aliphatic hydroxyl groups excluding tert-OH is 1. The molecule has 0 unspecified atom stereocenters. The number of methoxy groups -OCH3 is 2. The zero-order valence-corrected chi connectivity index (χ0v) is 33.5. The summed E-state index contributed by atoms with van der Waals surface area (Å²) in [6.45, 7) is 12.3. The highest BCUT2D eigenvalue weighted by atomic mass is 16.5. The smallest absolute Gasteiger partial charge is 0.324 e. The molecule has 0 saturated heterocycles. The van der Waals surface area contributed by atoms with E-state index in [-0.39, 0.29) is 37.1 Å². The Morgan fingerprint density at radius 3 is 1.98 bits per heavy atom. The van der Waals surface area contributed by atoms with Crippen molar-refractivity contribution in [3.63, 3.8) is 0 Å². The van der Waals surface area contributed by atoms with Crippen LogP contribution in [0.5, 0.6) is 17.2 Å². The molecule has 0 aliphatic rings. The summed E-state index contributed by atoms with van der Waals surface area (Å²) in [6.07, 6.45) is -0.967. The van der Waals surface area contributed by atoms with Gasteiger partial charge in [0.1, 0.15) is 29.9 Å². The number of carbonyl (C=O) groups excluding carboxylic acids is 2. The maximum atomic E-state index is 14.8. The fraction of sp³-hybridized carbons (Fsp3) is 0.422. The number of ether oxygens (including phenoxy) is 3. The molecule has 55 heavy (non-hydrogen) atoms. The molecule has 0 fully saturated rings. The number of rotatable bonds is 20. The SMILES string of the molecule is COc1ccc(CN[C@@H](C(=O)[C@H](NCc2ccc(OC)cc2O)C(C)C)[C@H](O)[C@H](Cc2ccccc2)N[C@@H](C(=O)OCc2cccc(C)c2)C(C)(C)C)cc1. The van der Waals surface area contributed by atoms with E-state index in [4.69, 9.17) is 14.2 Å². The molecule has 0 spiro atoms. The van der Waals surface area contributed by atoms with Crippen LogP contribution in [0.15, 0.2) is 97.1 Å². The van der Waals surface area contributed by atoms with Gasteiger partial charge in [0.25, 0.3) is 0 Å². The standard InChI is InChI=1S/C45H59N3O7/c1-29(2)39(47-27-34-19-22-36(54-8)25-38(34)49)42(51)40(46-26-32-17-20-35(53-7)21-18-32)41(50)37(24-31-14-10-9-11-15-31)48-43(45(4,5)6)44(52)55-28-33-16-12-13-30(3)23-33/h9-23,25,29,37,39-41,43,46-50H,24,26-28H2,1-8H3/t37-,39+,40+,41+,43-/m0/s1. The first kappa shape index (κ1) is 43.0. The Bertz CT molecular complexity index is 1810. The maximum absolute atomic E-state index is 14.8. The van der Waals surface area contributed by atoms with Crippen LogP contribution in [-0.2, 0) is 40.4 Å². The second kappa shape index (κ2) is 20.3. The summed E-state index contributed by atoms with van der Waals surface area (Å²) in [5, 5.41) is 33.4. The number of ketones is 1. The molecule has 4 rings (SSSR count). The number of Topliss-reactive ketones (excluding diaryl/α,β-unsaturated/α-hetero) is 1. The second-order valence-corrected chi connectivity index (χ2v) is 15.6. The molecule has 4 aromatic rings. The van der Waals surface area contributed by atoms with E-state index in [1.807, 2.05) is 120 Å². The second-order valence-electron chi connectivity index (χ2n) is 15.6. The molecular formula is C45H59N3O7. The first-order chi connectivity index (χ1) is 26.2. The average molecular weight is 754 g/mol. The lowest BCUT2D eigenvalue weighted by molar-refractivity contribution is -0.151. The molecule has 0 aliphatic carbocycles. The number of esters is 1. The van der Waals surface area contributed by atoms with Crippen molar-refractivity contribution >= 4 is 11.8 Å². The van der Waals surface area contributed by atoms with Crippen molar-refractivity contribution in [3.05, 3.63) is 125 Å². The van der Waals surface area contributed by atoms with Crippen molar-refractivity contribution in [1.29, 1.82) is 0 Å². The molecule has 0 heterocycles. The third-order valence-corrected chi connectivity index (χ3v) is 9.77. The van der Waals surface area contributed by atoms with Crippen molar-refractivity contribution in [1.82, 2.24) is 16.0 Å². The molecule has 4 aromatic carbocycles. The van der Waals surface area contributed by atoms with Crippen molar-refractivity contribution in [2.45, 2.75) is 97.9 Å². The first-order valence-corrected chi connectivity index (χ1v) is 18.9. The van der Waals surface area contributed by atoms with Crippen molar-refractivity contribution in [2.24, 2.45) is 11.3 Å². The normalized spacial score (nSPS) is 14.4. The highest BCUT2D eigenvalue weighted by molar-refractivity contribution is 5.90. The molecule has 0 radical (unpaired) electrons. The molecule has 5 atom stereocenters. The summed E-state index contributed by atoms with van der Waals surface area (Å²) in [6, 6.07) is 26.7. The monoisotopic (exact) mass is 753 g/mol.